The Hall–Kier alpha value is -1.07. The largest absolute Gasteiger partial charge is 0.418 e. The summed E-state index contributed by atoms with van der Waals surface area (Å²) in [6.45, 7) is 0. The zero-order chi connectivity index (χ0) is 11.6. The molecule has 0 radical (unpaired) electrons. The molecule has 15 heavy (non-hydrogen) atoms. The molecule has 0 aliphatic carbocycles. The standard InChI is InChI=1S/C9H6ClF3O2/c10-8(15)6-3-1-5(2-4-6)7(14)9(11,12)13/h1-4,7,14H. The number of carbonyl (C=O) groups excluding carboxylic acids is 1. The zero-order valence-electron chi connectivity index (χ0n) is 7.25. The molecule has 0 amide bonds. The van der Waals surface area contributed by atoms with E-state index in [1.165, 1.54) is 0 Å². The Bertz CT molecular complexity index is 359. The molecule has 0 aliphatic heterocycles. The highest BCUT2D eigenvalue weighted by molar-refractivity contribution is 6.67. The molecule has 1 aromatic carbocycles. The smallest absolute Gasteiger partial charge is 0.379 e. The minimum absolute atomic E-state index is 0.0785. The number of benzene rings is 1. The fourth-order valence-corrected chi connectivity index (χ4v) is 1.11. The van der Waals surface area contributed by atoms with Crippen molar-refractivity contribution in [3.8, 4) is 0 Å². The molecule has 0 heterocycles. The molecule has 0 spiro atoms. The van der Waals surface area contributed by atoms with Gasteiger partial charge in [0.05, 0.1) is 0 Å². The van der Waals surface area contributed by atoms with Crippen LogP contribution in [0.3, 0.4) is 0 Å². The highest BCUT2D eigenvalue weighted by atomic mass is 35.5. The molecule has 0 fully saturated rings. The normalized spacial score (nSPS) is 13.7. The maximum atomic E-state index is 12.1. The molecule has 0 saturated heterocycles. The molecule has 82 valence electrons. The molecule has 1 unspecified atom stereocenters. The summed E-state index contributed by atoms with van der Waals surface area (Å²) in [5, 5.41) is 8.08. The van der Waals surface area contributed by atoms with Gasteiger partial charge in [0, 0.05) is 5.56 Å². The average Bonchev–Trinajstić information content (AvgIpc) is 2.15. The molecule has 6 heteroatoms. The third-order valence-corrected chi connectivity index (χ3v) is 1.98. The SMILES string of the molecule is O=C(Cl)c1ccc(C(O)C(F)(F)F)cc1. The van der Waals surface area contributed by atoms with E-state index in [2.05, 4.69) is 0 Å². The van der Waals surface area contributed by atoms with Crippen molar-refractivity contribution in [2.45, 2.75) is 12.3 Å². The maximum absolute atomic E-state index is 12.1. The van der Waals surface area contributed by atoms with E-state index in [1.807, 2.05) is 0 Å². The van der Waals surface area contributed by atoms with Crippen LogP contribution in [0.1, 0.15) is 22.0 Å². The molecule has 1 N–H and O–H groups in total. The molecule has 0 aromatic heterocycles. The lowest BCUT2D eigenvalue weighted by Gasteiger charge is -2.14. The lowest BCUT2D eigenvalue weighted by Crippen LogP contribution is -2.20. The van der Waals surface area contributed by atoms with Crippen molar-refractivity contribution in [3.05, 3.63) is 35.4 Å². The summed E-state index contributed by atoms with van der Waals surface area (Å²) in [4.78, 5) is 10.6. The second-order valence-electron chi connectivity index (χ2n) is 2.84. The van der Waals surface area contributed by atoms with Gasteiger partial charge in [0.25, 0.3) is 5.24 Å². The van der Waals surface area contributed by atoms with Gasteiger partial charge in [-0.3, -0.25) is 4.79 Å². The number of aliphatic hydroxyl groups excluding tert-OH is 1. The van der Waals surface area contributed by atoms with Crippen LogP contribution in [-0.4, -0.2) is 16.5 Å². The summed E-state index contributed by atoms with van der Waals surface area (Å²) < 4.78 is 36.2. The Morgan fingerprint density at radius 3 is 2.07 bits per heavy atom. The predicted molar refractivity (Wildman–Crippen MR) is 47.6 cm³/mol. The van der Waals surface area contributed by atoms with Crippen LogP contribution in [0.4, 0.5) is 13.2 Å². The topological polar surface area (TPSA) is 37.3 Å². The van der Waals surface area contributed by atoms with Gasteiger partial charge in [-0.2, -0.15) is 13.2 Å². The summed E-state index contributed by atoms with van der Waals surface area (Å²) in [5.74, 6) is 0. The third-order valence-electron chi connectivity index (χ3n) is 1.76. The van der Waals surface area contributed by atoms with E-state index in [0.29, 0.717) is 0 Å². The Morgan fingerprint density at radius 1 is 1.27 bits per heavy atom. The second-order valence-corrected chi connectivity index (χ2v) is 3.18. The Labute approximate surface area is 88.3 Å². The van der Waals surface area contributed by atoms with Crippen LogP contribution >= 0.6 is 11.6 Å². The first-order valence-electron chi connectivity index (χ1n) is 3.87. The molecule has 1 aromatic rings. The minimum Gasteiger partial charge on any atom is -0.379 e. The minimum atomic E-state index is -4.72. The molecule has 0 bridgehead atoms. The summed E-state index contributed by atoms with van der Waals surface area (Å²) >= 11 is 5.10. The molecule has 1 atom stereocenters. The van der Waals surface area contributed by atoms with Crippen molar-refractivity contribution in [2.75, 3.05) is 0 Å². The number of halogens is 4. The van der Waals surface area contributed by atoms with Crippen LogP contribution in [-0.2, 0) is 0 Å². The van der Waals surface area contributed by atoms with Crippen LogP contribution in [0.25, 0.3) is 0 Å². The monoisotopic (exact) mass is 238 g/mol. The van der Waals surface area contributed by atoms with E-state index < -0.39 is 17.5 Å². The number of alkyl halides is 3. The third kappa shape index (κ3) is 2.94. The fourth-order valence-electron chi connectivity index (χ4n) is 0.985. The van der Waals surface area contributed by atoms with Crippen molar-refractivity contribution in [1.82, 2.24) is 0 Å². The molecular formula is C9H6ClF3O2. The predicted octanol–water partition coefficient (Wildman–Crippen LogP) is 2.66. The zero-order valence-corrected chi connectivity index (χ0v) is 8.01. The van der Waals surface area contributed by atoms with Crippen LogP contribution in [0, 0.1) is 0 Å². The molecule has 0 saturated carbocycles. The number of carbonyl (C=O) groups is 1. The Morgan fingerprint density at radius 2 is 1.73 bits per heavy atom. The van der Waals surface area contributed by atoms with Crippen LogP contribution in [0.5, 0.6) is 0 Å². The van der Waals surface area contributed by atoms with E-state index in [1.54, 1.807) is 0 Å². The number of hydrogen-bond acceptors (Lipinski definition) is 2. The number of hydrogen-bond donors (Lipinski definition) is 1. The highest BCUT2D eigenvalue weighted by Gasteiger charge is 2.39. The van der Waals surface area contributed by atoms with E-state index in [4.69, 9.17) is 16.7 Å². The first kappa shape index (κ1) is 12.0. The lowest BCUT2D eigenvalue weighted by atomic mass is 10.1. The van der Waals surface area contributed by atoms with Crippen LogP contribution in [0.2, 0.25) is 0 Å². The van der Waals surface area contributed by atoms with Gasteiger partial charge in [0.1, 0.15) is 0 Å². The number of rotatable bonds is 2. The molecule has 1 rings (SSSR count). The van der Waals surface area contributed by atoms with E-state index >= 15 is 0 Å². The Balaban J connectivity index is 2.94. The van der Waals surface area contributed by atoms with Gasteiger partial charge in [0.2, 0.25) is 0 Å². The second kappa shape index (κ2) is 4.20. The molecular weight excluding hydrogens is 233 g/mol. The van der Waals surface area contributed by atoms with Gasteiger partial charge in [-0.15, -0.1) is 0 Å². The van der Waals surface area contributed by atoms with Crippen molar-refractivity contribution in [1.29, 1.82) is 0 Å². The quantitative estimate of drug-likeness (QED) is 0.805. The first-order chi connectivity index (χ1) is 6.82. The highest BCUT2D eigenvalue weighted by Crippen LogP contribution is 2.32. The summed E-state index contributed by atoms with van der Waals surface area (Å²) in [6.07, 6.45) is -7.26. The Kier molecular flexibility index (Phi) is 3.36. The van der Waals surface area contributed by atoms with E-state index in [-0.39, 0.29) is 11.1 Å². The van der Waals surface area contributed by atoms with Crippen molar-refractivity contribution >= 4 is 16.8 Å². The van der Waals surface area contributed by atoms with Gasteiger partial charge in [-0.05, 0) is 29.3 Å². The van der Waals surface area contributed by atoms with Crippen LogP contribution in [0.15, 0.2) is 24.3 Å². The average molecular weight is 239 g/mol. The van der Waals surface area contributed by atoms with Gasteiger partial charge in [0.15, 0.2) is 6.10 Å². The fraction of sp³-hybridized carbons (Fsp3) is 0.222. The summed E-state index contributed by atoms with van der Waals surface area (Å²) in [7, 11) is 0. The van der Waals surface area contributed by atoms with Crippen LogP contribution < -0.4 is 0 Å². The van der Waals surface area contributed by atoms with Gasteiger partial charge in [-0.1, -0.05) is 12.1 Å². The van der Waals surface area contributed by atoms with E-state index in [0.717, 1.165) is 24.3 Å². The van der Waals surface area contributed by atoms with E-state index in [9.17, 15) is 18.0 Å². The van der Waals surface area contributed by atoms with Crippen molar-refractivity contribution in [3.63, 3.8) is 0 Å². The maximum Gasteiger partial charge on any atom is 0.418 e. The molecule has 0 aliphatic rings. The van der Waals surface area contributed by atoms with Gasteiger partial charge < -0.3 is 5.11 Å². The summed E-state index contributed by atoms with van der Waals surface area (Å²) in [5.41, 5.74) is -0.251. The summed E-state index contributed by atoms with van der Waals surface area (Å²) in [6, 6.07) is 4.26. The van der Waals surface area contributed by atoms with Crippen molar-refractivity contribution in [2.24, 2.45) is 0 Å². The van der Waals surface area contributed by atoms with Crippen molar-refractivity contribution < 1.29 is 23.1 Å². The number of aliphatic hydroxyl groups is 1. The van der Waals surface area contributed by atoms with Gasteiger partial charge in [-0.25, -0.2) is 0 Å². The first-order valence-corrected chi connectivity index (χ1v) is 4.24. The van der Waals surface area contributed by atoms with Gasteiger partial charge >= 0.3 is 6.18 Å². The lowest BCUT2D eigenvalue weighted by molar-refractivity contribution is -0.206. The molecule has 2 nitrogen and oxygen atoms in total.